The highest BCUT2D eigenvalue weighted by Crippen LogP contribution is 2.28. The lowest BCUT2D eigenvalue weighted by molar-refractivity contribution is -0.120. The molecule has 2 amide bonds. The van der Waals surface area contributed by atoms with Gasteiger partial charge in [0.15, 0.2) is 6.10 Å². The van der Waals surface area contributed by atoms with Gasteiger partial charge in [-0.1, -0.05) is 38.2 Å². The number of primary amides is 1. The molecule has 1 heterocycles. The van der Waals surface area contributed by atoms with Gasteiger partial charge in [0.05, 0.1) is 23.6 Å². The maximum atomic E-state index is 13.2. The molecule has 214 valence electrons. The molecule has 0 radical (unpaired) electrons. The second-order valence-electron chi connectivity index (χ2n) is 9.97. The molecule has 0 aromatic carbocycles. The normalized spacial score (nSPS) is 33.3. The van der Waals surface area contributed by atoms with Crippen LogP contribution in [0.5, 0.6) is 0 Å². The van der Waals surface area contributed by atoms with Crippen molar-refractivity contribution in [3.05, 3.63) is 58.5 Å². The number of fused-ring (bicyclic) bond motifs is 2. The lowest BCUT2D eigenvalue weighted by Crippen LogP contribution is -2.37. The number of allylic oxidation sites excluding steroid dienone is 4. The minimum Gasteiger partial charge on any atom is -0.439 e. The van der Waals surface area contributed by atoms with Crippen molar-refractivity contribution in [2.75, 3.05) is 14.2 Å². The Kier molecular flexibility index (Phi) is 11.4. The number of amides is 2. The molecule has 0 aromatic heterocycles. The van der Waals surface area contributed by atoms with E-state index in [-0.39, 0.29) is 34.9 Å². The Morgan fingerprint density at radius 1 is 1.13 bits per heavy atom. The standard InChI is InChI=1S/C28H39N3O8/c1-14-10-18-23(29)20(32)13-19(25(18)34)31-27(35)15(2)8-7-9-21(37-5)26(39-28(30)36)17(4)12-16(3)24(33)22(11-14)38-6/h7-9,12-14,16,21-22,24,26,33H,10-11,29H2,1-6H3,(H2,30,36)(H,31,35)/b9-7-,15-8+,17-12+/t14?,16?,21?,22?,24-,26?/m1/s1. The summed E-state index contributed by atoms with van der Waals surface area (Å²) in [6.07, 6.45) is 3.55. The van der Waals surface area contributed by atoms with Crippen LogP contribution in [0.2, 0.25) is 0 Å². The topological polar surface area (TPSA) is 180 Å². The van der Waals surface area contributed by atoms with Gasteiger partial charge in [-0.25, -0.2) is 4.79 Å². The van der Waals surface area contributed by atoms with Gasteiger partial charge < -0.3 is 36.1 Å². The van der Waals surface area contributed by atoms with Gasteiger partial charge in [0, 0.05) is 37.4 Å². The monoisotopic (exact) mass is 545 g/mol. The maximum Gasteiger partial charge on any atom is 0.405 e. The van der Waals surface area contributed by atoms with Crippen LogP contribution in [0, 0.1) is 11.8 Å². The first-order valence-electron chi connectivity index (χ1n) is 12.6. The highest BCUT2D eigenvalue weighted by atomic mass is 16.6. The minimum absolute atomic E-state index is 0.104. The number of Topliss-reactive ketones (excluding diaryl/α,β-unsaturated/α-hetero) is 1. The molecule has 6 atom stereocenters. The number of ketones is 2. The number of hydrogen-bond acceptors (Lipinski definition) is 9. The predicted octanol–water partition coefficient (Wildman–Crippen LogP) is 1.72. The van der Waals surface area contributed by atoms with Crippen molar-refractivity contribution < 1.29 is 38.5 Å². The SMILES string of the molecule is COC1/C=C\C=C(/C)C(=O)NC2=CC(=O)C(N)=C(CC(C)CC(OC)[C@H](O)C(C)/C=C(\C)C1OC(N)=O)C2=O. The number of hydrogen-bond donors (Lipinski definition) is 4. The average molecular weight is 546 g/mol. The van der Waals surface area contributed by atoms with E-state index in [1.165, 1.54) is 33.3 Å². The van der Waals surface area contributed by atoms with Gasteiger partial charge in [-0.15, -0.1) is 0 Å². The summed E-state index contributed by atoms with van der Waals surface area (Å²) in [6, 6.07) is 0. The van der Waals surface area contributed by atoms with Crippen LogP contribution in [-0.2, 0) is 28.6 Å². The van der Waals surface area contributed by atoms with Crippen LogP contribution in [0.25, 0.3) is 0 Å². The highest BCUT2D eigenvalue weighted by molar-refractivity contribution is 6.23. The van der Waals surface area contributed by atoms with Crippen molar-refractivity contribution >= 4 is 23.6 Å². The first kappa shape index (κ1) is 31.7. The van der Waals surface area contributed by atoms with Crippen LogP contribution in [0.15, 0.2) is 58.5 Å². The molecule has 11 heteroatoms. The summed E-state index contributed by atoms with van der Waals surface area (Å²) < 4.78 is 16.4. The molecular weight excluding hydrogens is 506 g/mol. The average Bonchev–Trinajstić information content (AvgIpc) is 2.88. The Morgan fingerprint density at radius 3 is 2.38 bits per heavy atom. The second-order valence-corrected chi connectivity index (χ2v) is 9.97. The Labute approximate surface area is 228 Å². The zero-order valence-electron chi connectivity index (χ0n) is 23.2. The van der Waals surface area contributed by atoms with Gasteiger partial charge >= 0.3 is 6.09 Å². The molecule has 0 aromatic rings. The Morgan fingerprint density at radius 2 is 1.79 bits per heavy atom. The molecule has 0 spiro atoms. The quantitative estimate of drug-likeness (QED) is 0.303. The maximum absolute atomic E-state index is 13.2. The number of ether oxygens (including phenoxy) is 3. The van der Waals surface area contributed by atoms with E-state index in [1.807, 2.05) is 6.92 Å². The lowest BCUT2D eigenvalue weighted by Gasteiger charge is -2.29. The predicted molar refractivity (Wildman–Crippen MR) is 144 cm³/mol. The van der Waals surface area contributed by atoms with Crippen LogP contribution < -0.4 is 16.8 Å². The largest absolute Gasteiger partial charge is 0.439 e. The summed E-state index contributed by atoms with van der Waals surface area (Å²) in [4.78, 5) is 50.1. The van der Waals surface area contributed by atoms with Gasteiger partial charge in [-0.3, -0.25) is 14.4 Å². The number of nitrogens with one attached hydrogen (secondary N) is 1. The number of aliphatic hydroxyl groups excluding tert-OH is 1. The van der Waals surface area contributed by atoms with E-state index in [9.17, 15) is 24.3 Å². The number of methoxy groups -OCH3 is 2. The molecule has 0 fully saturated rings. The Hall–Kier alpha value is -3.54. The molecule has 1 aliphatic carbocycles. The van der Waals surface area contributed by atoms with Crippen molar-refractivity contribution in [3.8, 4) is 0 Å². The molecule has 6 N–H and O–H groups in total. The third kappa shape index (κ3) is 8.22. The molecule has 5 unspecified atom stereocenters. The summed E-state index contributed by atoms with van der Waals surface area (Å²) in [7, 11) is 2.90. The fourth-order valence-electron chi connectivity index (χ4n) is 4.61. The third-order valence-electron chi connectivity index (χ3n) is 6.84. The first-order chi connectivity index (χ1) is 18.3. The fraction of sp³-hybridized carbons (Fsp3) is 0.500. The zero-order chi connectivity index (χ0) is 29.4. The van der Waals surface area contributed by atoms with Gasteiger partial charge in [0.2, 0.25) is 11.6 Å². The van der Waals surface area contributed by atoms with Crippen LogP contribution >= 0.6 is 0 Å². The van der Waals surface area contributed by atoms with Crippen molar-refractivity contribution in [2.45, 2.75) is 65.0 Å². The first-order valence-corrected chi connectivity index (χ1v) is 12.6. The molecule has 11 nitrogen and oxygen atoms in total. The summed E-state index contributed by atoms with van der Waals surface area (Å²) in [5, 5.41) is 13.6. The van der Waals surface area contributed by atoms with Crippen LogP contribution in [0.3, 0.4) is 0 Å². The molecule has 2 aliphatic rings. The van der Waals surface area contributed by atoms with Crippen molar-refractivity contribution in [1.82, 2.24) is 5.32 Å². The summed E-state index contributed by atoms with van der Waals surface area (Å²) >= 11 is 0. The Balaban J connectivity index is 2.58. The number of nitrogens with two attached hydrogens (primary N) is 2. The van der Waals surface area contributed by atoms with Crippen molar-refractivity contribution in [3.63, 3.8) is 0 Å². The summed E-state index contributed by atoms with van der Waals surface area (Å²) in [5.74, 6) is -2.37. The zero-order valence-corrected chi connectivity index (χ0v) is 23.2. The lowest BCUT2D eigenvalue weighted by atomic mass is 9.85. The van der Waals surface area contributed by atoms with E-state index in [0.29, 0.717) is 12.0 Å². The van der Waals surface area contributed by atoms with Crippen LogP contribution in [0.4, 0.5) is 4.79 Å². The number of carbonyl (C=O) groups is 4. The molecule has 1 aliphatic heterocycles. The third-order valence-corrected chi connectivity index (χ3v) is 6.84. The van der Waals surface area contributed by atoms with E-state index in [4.69, 9.17) is 25.7 Å². The van der Waals surface area contributed by atoms with E-state index < -0.39 is 53.9 Å². The van der Waals surface area contributed by atoms with Crippen LogP contribution in [-0.4, -0.2) is 67.3 Å². The van der Waals surface area contributed by atoms with Gasteiger partial charge in [0.25, 0.3) is 5.91 Å². The van der Waals surface area contributed by atoms with Crippen LogP contribution in [0.1, 0.15) is 40.5 Å². The van der Waals surface area contributed by atoms with Crippen molar-refractivity contribution in [2.24, 2.45) is 23.3 Å². The van der Waals surface area contributed by atoms with Crippen molar-refractivity contribution in [1.29, 1.82) is 0 Å². The smallest absolute Gasteiger partial charge is 0.405 e. The number of rotatable bonds is 3. The molecule has 2 bridgehead atoms. The van der Waals surface area contributed by atoms with Gasteiger partial charge in [-0.05, 0) is 38.2 Å². The van der Waals surface area contributed by atoms with E-state index in [1.54, 1.807) is 26.0 Å². The number of carbonyl (C=O) groups excluding carboxylic acids is 4. The highest BCUT2D eigenvalue weighted by Gasteiger charge is 2.32. The van der Waals surface area contributed by atoms with E-state index >= 15 is 0 Å². The summed E-state index contributed by atoms with van der Waals surface area (Å²) in [6.45, 7) is 6.89. The fourth-order valence-corrected chi connectivity index (χ4v) is 4.61. The Bertz CT molecular complexity index is 1130. The molecule has 39 heavy (non-hydrogen) atoms. The van der Waals surface area contributed by atoms with Gasteiger partial charge in [-0.2, -0.15) is 0 Å². The van der Waals surface area contributed by atoms with Gasteiger partial charge in [0.1, 0.15) is 6.10 Å². The molecule has 0 saturated carbocycles. The minimum atomic E-state index is -1.00. The van der Waals surface area contributed by atoms with E-state index in [0.717, 1.165) is 6.08 Å². The molecular formula is C28H39N3O8. The molecule has 0 saturated heterocycles. The molecule has 2 rings (SSSR count). The number of aliphatic hydroxyl groups is 1. The van der Waals surface area contributed by atoms with E-state index in [2.05, 4.69) is 5.32 Å². The second kappa shape index (κ2) is 14.0. The summed E-state index contributed by atoms with van der Waals surface area (Å²) in [5.41, 5.74) is 11.9.